The van der Waals surface area contributed by atoms with Crippen molar-refractivity contribution >= 4 is 68.5 Å². The first-order valence-corrected chi connectivity index (χ1v) is 11.5. The molecule has 10 heteroatoms. The van der Waals surface area contributed by atoms with Gasteiger partial charge in [-0.3, -0.25) is 14.4 Å². The standard InChI is InChI=1S/C21H23Cl2N3O4S/c22-18-12(9-13-5-8-31-20(13)19(18)23)1-2-16(27)26-6-3-15(4-7-26)25-21(30)14(11-24)10-17(28)29/h1-2,5,8-9,14-15H,3-4,6-7,10-11,24H2,(H,25,30)(H,28,29). The molecular weight excluding hydrogens is 461 g/mol. The molecule has 4 N–H and O–H groups in total. The maximum absolute atomic E-state index is 12.6. The number of amides is 2. The third kappa shape index (κ3) is 5.77. The second-order valence-corrected chi connectivity index (χ2v) is 9.08. The lowest BCUT2D eigenvalue weighted by Crippen LogP contribution is -2.48. The van der Waals surface area contributed by atoms with Crippen LogP contribution in [0.5, 0.6) is 0 Å². The number of carboxylic acids is 1. The van der Waals surface area contributed by atoms with Crippen LogP contribution in [0.2, 0.25) is 10.0 Å². The Kier molecular flexibility index (Phi) is 7.94. The van der Waals surface area contributed by atoms with Gasteiger partial charge in [0.15, 0.2) is 0 Å². The number of carboxylic acid groups (broad SMARTS) is 1. The third-order valence-electron chi connectivity index (χ3n) is 5.29. The van der Waals surface area contributed by atoms with Gasteiger partial charge in [-0.15, -0.1) is 11.3 Å². The average Bonchev–Trinajstić information content (AvgIpc) is 3.22. The van der Waals surface area contributed by atoms with Crippen molar-refractivity contribution in [2.45, 2.75) is 25.3 Å². The summed E-state index contributed by atoms with van der Waals surface area (Å²) in [6, 6.07) is 3.74. The molecule has 2 heterocycles. The van der Waals surface area contributed by atoms with E-state index in [1.165, 1.54) is 17.4 Å². The number of nitrogens with one attached hydrogen (secondary N) is 1. The number of likely N-dealkylation sites (tertiary alicyclic amines) is 1. The van der Waals surface area contributed by atoms with Crippen molar-refractivity contribution in [2.75, 3.05) is 19.6 Å². The van der Waals surface area contributed by atoms with E-state index >= 15 is 0 Å². The number of nitrogens with zero attached hydrogens (tertiary/aromatic N) is 1. The van der Waals surface area contributed by atoms with Gasteiger partial charge in [-0.1, -0.05) is 23.2 Å². The molecule has 166 valence electrons. The molecule has 1 aliphatic rings. The highest BCUT2D eigenvalue weighted by Gasteiger charge is 2.26. The number of piperidine rings is 1. The topological polar surface area (TPSA) is 113 Å². The number of aliphatic carboxylic acids is 1. The highest BCUT2D eigenvalue weighted by molar-refractivity contribution is 7.18. The van der Waals surface area contributed by atoms with Crippen LogP contribution >= 0.6 is 34.5 Å². The van der Waals surface area contributed by atoms with Crippen LogP contribution < -0.4 is 11.1 Å². The number of halogens is 2. The van der Waals surface area contributed by atoms with Gasteiger partial charge in [0, 0.05) is 31.8 Å². The summed E-state index contributed by atoms with van der Waals surface area (Å²) in [4.78, 5) is 37.3. The van der Waals surface area contributed by atoms with Crippen molar-refractivity contribution in [1.82, 2.24) is 10.2 Å². The number of carbonyl (C=O) groups is 3. The lowest BCUT2D eigenvalue weighted by Gasteiger charge is -2.32. The van der Waals surface area contributed by atoms with E-state index in [-0.39, 0.29) is 30.8 Å². The van der Waals surface area contributed by atoms with Gasteiger partial charge >= 0.3 is 5.97 Å². The number of thiophene rings is 1. The minimum Gasteiger partial charge on any atom is -0.481 e. The minimum absolute atomic E-state index is 0.0238. The van der Waals surface area contributed by atoms with Crippen LogP contribution in [0.4, 0.5) is 0 Å². The third-order valence-corrected chi connectivity index (χ3v) is 7.23. The van der Waals surface area contributed by atoms with Gasteiger partial charge in [-0.05, 0) is 47.4 Å². The molecule has 1 saturated heterocycles. The van der Waals surface area contributed by atoms with Gasteiger partial charge in [0.25, 0.3) is 0 Å². The fourth-order valence-electron chi connectivity index (χ4n) is 3.51. The van der Waals surface area contributed by atoms with Crippen molar-refractivity contribution in [3.8, 4) is 0 Å². The summed E-state index contributed by atoms with van der Waals surface area (Å²) in [5, 5.41) is 15.5. The van der Waals surface area contributed by atoms with Crippen molar-refractivity contribution in [3.05, 3.63) is 39.2 Å². The second kappa shape index (κ2) is 10.5. The fraction of sp³-hybridized carbons (Fsp3) is 0.381. The number of fused-ring (bicyclic) bond motifs is 1. The Morgan fingerprint density at radius 1 is 1.29 bits per heavy atom. The van der Waals surface area contributed by atoms with Crippen LogP contribution in [-0.4, -0.2) is 53.5 Å². The lowest BCUT2D eigenvalue weighted by molar-refractivity contribution is -0.141. The summed E-state index contributed by atoms with van der Waals surface area (Å²) in [6.45, 7) is 0.945. The Bertz CT molecular complexity index is 1020. The van der Waals surface area contributed by atoms with Crippen molar-refractivity contribution in [3.63, 3.8) is 0 Å². The number of benzene rings is 1. The maximum atomic E-state index is 12.6. The highest BCUT2D eigenvalue weighted by atomic mass is 35.5. The van der Waals surface area contributed by atoms with Crippen LogP contribution in [0.15, 0.2) is 23.6 Å². The predicted molar refractivity (Wildman–Crippen MR) is 123 cm³/mol. The zero-order chi connectivity index (χ0) is 22.5. The summed E-state index contributed by atoms with van der Waals surface area (Å²) in [7, 11) is 0. The zero-order valence-electron chi connectivity index (χ0n) is 16.6. The lowest BCUT2D eigenvalue weighted by atomic mass is 10.0. The number of hydrogen-bond donors (Lipinski definition) is 3. The van der Waals surface area contributed by atoms with Crippen LogP contribution in [-0.2, 0) is 14.4 Å². The van der Waals surface area contributed by atoms with Crippen LogP contribution in [0.3, 0.4) is 0 Å². The largest absolute Gasteiger partial charge is 0.481 e. The summed E-state index contributed by atoms with van der Waals surface area (Å²) in [5.41, 5.74) is 6.19. The molecule has 1 aliphatic heterocycles. The Labute approximate surface area is 193 Å². The SMILES string of the molecule is NCC(CC(=O)O)C(=O)NC1CCN(C(=O)C=Cc2cc3ccsc3c(Cl)c2Cl)CC1. The van der Waals surface area contributed by atoms with Crippen LogP contribution in [0, 0.1) is 5.92 Å². The van der Waals surface area contributed by atoms with Gasteiger partial charge in [0.2, 0.25) is 11.8 Å². The van der Waals surface area contributed by atoms with E-state index in [9.17, 15) is 14.4 Å². The molecule has 1 aromatic heterocycles. The molecule has 2 amide bonds. The monoisotopic (exact) mass is 483 g/mol. The average molecular weight is 484 g/mol. The first kappa shape index (κ1) is 23.5. The highest BCUT2D eigenvalue weighted by Crippen LogP contribution is 2.37. The smallest absolute Gasteiger partial charge is 0.304 e. The molecule has 0 spiro atoms. The molecule has 2 aromatic rings. The first-order chi connectivity index (χ1) is 14.8. The maximum Gasteiger partial charge on any atom is 0.304 e. The van der Waals surface area contributed by atoms with E-state index in [0.717, 1.165) is 10.1 Å². The molecule has 1 aromatic carbocycles. The number of rotatable bonds is 7. The Hall–Kier alpha value is -2.13. The first-order valence-electron chi connectivity index (χ1n) is 9.84. The molecule has 0 bridgehead atoms. The molecule has 3 rings (SSSR count). The van der Waals surface area contributed by atoms with E-state index in [1.54, 1.807) is 11.0 Å². The predicted octanol–water partition coefficient (Wildman–Crippen LogP) is 3.38. The van der Waals surface area contributed by atoms with Crippen molar-refractivity contribution < 1.29 is 19.5 Å². The van der Waals surface area contributed by atoms with E-state index in [1.807, 2.05) is 17.5 Å². The number of nitrogens with two attached hydrogens (primary N) is 1. The van der Waals surface area contributed by atoms with E-state index < -0.39 is 11.9 Å². The van der Waals surface area contributed by atoms with E-state index in [0.29, 0.717) is 41.5 Å². The normalized spacial score (nSPS) is 16.0. The minimum atomic E-state index is -1.06. The summed E-state index contributed by atoms with van der Waals surface area (Å²) in [5.74, 6) is -2.31. The van der Waals surface area contributed by atoms with Crippen LogP contribution in [0.25, 0.3) is 16.2 Å². The molecule has 1 unspecified atom stereocenters. The van der Waals surface area contributed by atoms with Crippen LogP contribution in [0.1, 0.15) is 24.8 Å². The van der Waals surface area contributed by atoms with Gasteiger partial charge in [0.05, 0.1) is 27.1 Å². The molecule has 0 radical (unpaired) electrons. The van der Waals surface area contributed by atoms with Gasteiger partial charge in [0.1, 0.15) is 0 Å². The summed E-state index contributed by atoms with van der Waals surface area (Å²) in [6.07, 6.45) is 4.02. The second-order valence-electron chi connectivity index (χ2n) is 7.40. The fourth-order valence-corrected chi connectivity index (χ4v) is 4.95. The van der Waals surface area contributed by atoms with E-state index in [2.05, 4.69) is 5.32 Å². The molecule has 1 fully saturated rings. The number of carbonyl (C=O) groups excluding carboxylic acids is 2. The molecule has 7 nitrogen and oxygen atoms in total. The Balaban J connectivity index is 1.55. The van der Waals surface area contributed by atoms with Gasteiger partial charge < -0.3 is 21.1 Å². The molecule has 0 saturated carbocycles. The summed E-state index contributed by atoms with van der Waals surface area (Å²) >= 11 is 14.2. The molecular formula is C21H23Cl2N3O4S. The Morgan fingerprint density at radius 2 is 2.00 bits per heavy atom. The van der Waals surface area contributed by atoms with Crippen molar-refractivity contribution in [2.24, 2.45) is 11.7 Å². The summed E-state index contributed by atoms with van der Waals surface area (Å²) < 4.78 is 0.916. The molecule has 1 atom stereocenters. The molecule has 0 aliphatic carbocycles. The quantitative estimate of drug-likeness (QED) is 0.522. The van der Waals surface area contributed by atoms with E-state index in [4.69, 9.17) is 34.0 Å². The Morgan fingerprint density at radius 3 is 2.65 bits per heavy atom. The molecule has 31 heavy (non-hydrogen) atoms. The number of hydrogen-bond acceptors (Lipinski definition) is 5. The van der Waals surface area contributed by atoms with Gasteiger partial charge in [-0.2, -0.15) is 0 Å². The van der Waals surface area contributed by atoms with Crippen molar-refractivity contribution in [1.29, 1.82) is 0 Å². The zero-order valence-corrected chi connectivity index (χ0v) is 19.0. The van der Waals surface area contributed by atoms with Gasteiger partial charge in [-0.25, -0.2) is 0 Å².